The van der Waals surface area contributed by atoms with E-state index in [0.717, 1.165) is 31.4 Å². The van der Waals surface area contributed by atoms with Crippen molar-refractivity contribution in [1.29, 1.82) is 0 Å². The van der Waals surface area contributed by atoms with E-state index >= 15 is 0 Å². The fourth-order valence-electron chi connectivity index (χ4n) is 3.66. The Morgan fingerprint density at radius 3 is 2.20 bits per heavy atom. The predicted octanol–water partition coefficient (Wildman–Crippen LogP) is 6.55. The molecule has 0 unspecified atom stereocenters. The van der Waals surface area contributed by atoms with Crippen LogP contribution in [0, 0.1) is 0 Å². The van der Waals surface area contributed by atoms with E-state index in [2.05, 4.69) is 9.97 Å². The SMILES string of the molecule is O=C(O)CCOCCCCCOCCC(=O)N(c1ccc(C(F)(F)F)cc1)c1nccc(-c2cccc(Cl)c2)n1. The number of aromatic nitrogens is 2. The fraction of sp³-hybridized carbons (Fsp3) is 0.357. The Kier molecular flexibility index (Phi) is 11.9. The molecular formula is C28H29ClF3N3O5. The summed E-state index contributed by atoms with van der Waals surface area (Å²) in [5.41, 5.74) is 0.518. The third-order valence-electron chi connectivity index (χ3n) is 5.66. The average molecular weight is 580 g/mol. The van der Waals surface area contributed by atoms with Gasteiger partial charge in [-0.15, -0.1) is 0 Å². The molecule has 0 fully saturated rings. The molecule has 2 aromatic carbocycles. The smallest absolute Gasteiger partial charge is 0.416 e. The zero-order chi connectivity index (χ0) is 29.0. The van der Waals surface area contributed by atoms with Gasteiger partial charge in [-0.2, -0.15) is 13.2 Å². The minimum absolute atomic E-state index is 0.00475. The van der Waals surface area contributed by atoms with E-state index in [4.69, 9.17) is 26.2 Å². The molecule has 0 saturated carbocycles. The molecule has 0 atom stereocenters. The van der Waals surface area contributed by atoms with Crippen molar-refractivity contribution >= 4 is 35.1 Å². The number of aliphatic carboxylic acids is 1. The Morgan fingerprint density at radius 2 is 1.57 bits per heavy atom. The molecule has 3 aromatic rings. The van der Waals surface area contributed by atoms with Gasteiger partial charge in [-0.05, 0) is 61.7 Å². The van der Waals surface area contributed by atoms with E-state index < -0.39 is 23.6 Å². The van der Waals surface area contributed by atoms with E-state index in [1.165, 1.54) is 23.2 Å². The topological polar surface area (TPSA) is 102 Å². The van der Waals surface area contributed by atoms with Crippen LogP contribution >= 0.6 is 11.6 Å². The number of amides is 1. The van der Waals surface area contributed by atoms with Crippen molar-refractivity contribution in [3.8, 4) is 11.3 Å². The summed E-state index contributed by atoms with van der Waals surface area (Å²) in [5, 5.41) is 9.07. The highest BCUT2D eigenvalue weighted by molar-refractivity contribution is 6.30. The number of hydrogen-bond acceptors (Lipinski definition) is 6. The van der Waals surface area contributed by atoms with Crippen molar-refractivity contribution in [1.82, 2.24) is 9.97 Å². The van der Waals surface area contributed by atoms with E-state index in [9.17, 15) is 22.8 Å². The number of carboxylic acids is 1. The third-order valence-corrected chi connectivity index (χ3v) is 5.90. The lowest BCUT2D eigenvalue weighted by Gasteiger charge is -2.22. The van der Waals surface area contributed by atoms with Gasteiger partial charge in [-0.25, -0.2) is 14.9 Å². The molecule has 0 bridgehead atoms. The Balaban J connectivity index is 1.63. The minimum atomic E-state index is -4.52. The van der Waals surface area contributed by atoms with Crippen molar-refractivity contribution in [3.05, 3.63) is 71.4 Å². The number of carbonyl (C=O) groups excluding carboxylic acids is 1. The number of rotatable bonds is 15. The van der Waals surface area contributed by atoms with Crippen molar-refractivity contribution in [3.63, 3.8) is 0 Å². The second-order valence-electron chi connectivity index (χ2n) is 8.71. The summed E-state index contributed by atoms with van der Waals surface area (Å²) in [6.45, 7) is 1.14. The lowest BCUT2D eigenvalue weighted by atomic mass is 10.1. The Bertz CT molecular complexity index is 1260. The second-order valence-corrected chi connectivity index (χ2v) is 9.14. The van der Waals surface area contributed by atoms with E-state index in [0.29, 0.717) is 29.5 Å². The van der Waals surface area contributed by atoms with Crippen LogP contribution in [0.2, 0.25) is 5.02 Å². The molecule has 40 heavy (non-hydrogen) atoms. The molecule has 0 aliphatic rings. The fourth-order valence-corrected chi connectivity index (χ4v) is 3.85. The molecule has 0 spiro atoms. The largest absolute Gasteiger partial charge is 0.481 e. The number of hydrogen-bond donors (Lipinski definition) is 1. The molecule has 8 nitrogen and oxygen atoms in total. The lowest BCUT2D eigenvalue weighted by Crippen LogP contribution is -2.29. The Hall–Kier alpha value is -3.54. The van der Waals surface area contributed by atoms with Crippen LogP contribution in [0.15, 0.2) is 60.8 Å². The van der Waals surface area contributed by atoms with Gasteiger partial charge in [0.1, 0.15) is 0 Å². The summed E-state index contributed by atoms with van der Waals surface area (Å²) in [5.74, 6) is -1.35. The summed E-state index contributed by atoms with van der Waals surface area (Å²) in [7, 11) is 0. The van der Waals surface area contributed by atoms with Gasteiger partial charge in [0.05, 0.1) is 43.0 Å². The second kappa shape index (κ2) is 15.3. The molecule has 1 aromatic heterocycles. The highest BCUT2D eigenvalue weighted by Crippen LogP contribution is 2.32. The van der Waals surface area contributed by atoms with Gasteiger partial charge in [0.15, 0.2) is 0 Å². The van der Waals surface area contributed by atoms with Gasteiger partial charge in [0.2, 0.25) is 11.9 Å². The zero-order valence-electron chi connectivity index (χ0n) is 21.6. The normalized spacial score (nSPS) is 11.4. The summed E-state index contributed by atoms with van der Waals surface area (Å²) in [4.78, 5) is 33.6. The molecule has 1 N–H and O–H groups in total. The number of anilines is 2. The quantitative estimate of drug-likeness (QED) is 0.204. The highest BCUT2D eigenvalue weighted by Gasteiger charge is 2.31. The lowest BCUT2D eigenvalue weighted by molar-refractivity contribution is -0.138. The van der Waals surface area contributed by atoms with Crippen LogP contribution in [0.5, 0.6) is 0 Å². The van der Waals surface area contributed by atoms with Crippen LogP contribution in [-0.4, -0.2) is 53.4 Å². The number of benzene rings is 2. The van der Waals surface area contributed by atoms with Crippen molar-refractivity contribution in [2.45, 2.75) is 38.3 Å². The molecule has 0 aliphatic heterocycles. The zero-order valence-corrected chi connectivity index (χ0v) is 22.3. The first kappa shape index (κ1) is 31.0. The number of unbranched alkanes of at least 4 members (excludes halogenated alkanes) is 2. The highest BCUT2D eigenvalue weighted by atomic mass is 35.5. The molecule has 1 heterocycles. The molecule has 12 heteroatoms. The number of halogens is 4. The molecule has 1 amide bonds. The van der Waals surface area contributed by atoms with Gasteiger partial charge in [0.25, 0.3) is 0 Å². The maximum Gasteiger partial charge on any atom is 0.416 e. The van der Waals surface area contributed by atoms with Gasteiger partial charge in [0, 0.05) is 30.0 Å². The maximum atomic E-state index is 13.3. The van der Waals surface area contributed by atoms with E-state index in [-0.39, 0.29) is 37.7 Å². The van der Waals surface area contributed by atoms with Gasteiger partial charge in [-0.1, -0.05) is 23.7 Å². The summed E-state index contributed by atoms with van der Waals surface area (Å²) in [6, 6.07) is 12.8. The number of nitrogens with zero attached hydrogens (tertiary/aromatic N) is 3. The molecule has 0 radical (unpaired) electrons. The average Bonchev–Trinajstić information content (AvgIpc) is 2.92. The van der Waals surface area contributed by atoms with Crippen LogP contribution in [0.3, 0.4) is 0 Å². The van der Waals surface area contributed by atoms with Gasteiger partial charge in [-0.3, -0.25) is 9.59 Å². The molecule has 0 aliphatic carbocycles. The van der Waals surface area contributed by atoms with E-state index in [1.807, 2.05) is 0 Å². The number of alkyl halides is 3. The van der Waals surface area contributed by atoms with Gasteiger partial charge >= 0.3 is 12.1 Å². The Labute approximate surface area is 234 Å². The third kappa shape index (κ3) is 9.89. The van der Waals surface area contributed by atoms with Gasteiger partial charge < -0.3 is 14.6 Å². The molecular weight excluding hydrogens is 551 g/mol. The van der Waals surface area contributed by atoms with Crippen molar-refractivity contribution < 1.29 is 37.3 Å². The maximum absolute atomic E-state index is 13.3. The number of ether oxygens (including phenoxy) is 2. The van der Waals surface area contributed by atoms with E-state index in [1.54, 1.807) is 30.3 Å². The predicted molar refractivity (Wildman–Crippen MR) is 143 cm³/mol. The first-order chi connectivity index (χ1) is 19.1. The van der Waals surface area contributed by atoms with Crippen LogP contribution in [0.1, 0.15) is 37.7 Å². The summed E-state index contributed by atoms with van der Waals surface area (Å²) >= 11 is 6.10. The molecule has 0 saturated heterocycles. The van der Waals surface area contributed by atoms with Crippen LogP contribution in [-0.2, 0) is 25.2 Å². The monoisotopic (exact) mass is 579 g/mol. The number of carbonyl (C=O) groups is 2. The van der Waals surface area contributed by atoms with Crippen molar-refractivity contribution in [2.24, 2.45) is 0 Å². The molecule has 214 valence electrons. The first-order valence-electron chi connectivity index (χ1n) is 12.6. The summed E-state index contributed by atoms with van der Waals surface area (Å²) in [6.07, 6.45) is -0.850. The van der Waals surface area contributed by atoms with Crippen LogP contribution < -0.4 is 4.90 Å². The first-order valence-corrected chi connectivity index (χ1v) is 13.0. The van der Waals surface area contributed by atoms with Crippen molar-refractivity contribution in [2.75, 3.05) is 31.3 Å². The standard InChI is InChI=1S/C28H29ClF3N3O5/c29-22-6-4-5-20(19-22)24-11-14-33-27(34-24)35(23-9-7-21(8-10-23)28(30,31)32)25(36)12-17-39-15-2-1-3-16-40-18-13-26(37)38/h4-11,14,19H,1-3,12-13,15-18H2,(H,37,38). The van der Waals surface area contributed by atoms with Crippen LogP contribution in [0.25, 0.3) is 11.3 Å². The number of carboxylic acid groups (broad SMARTS) is 1. The Morgan fingerprint density at radius 1 is 0.900 bits per heavy atom. The summed E-state index contributed by atoms with van der Waals surface area (Å²) < 4.78 is 50.2. The molecule has 3 rings (SSSR count). The van der Waals surface area contributed by atoms with Crippen LogP contribution in [0.4, 0.5) is 24.8 Å². The minimum Gasteiger partial charge on any atom is -0.481 e.